The third kappa shape index (κ3) is 4.04. The van der Waals surface area contributed by atoms with Gasteiger partial charge >= 0.3 is 10.1 Å². The van der Waals surface area contributed by atoms with Gasteiger partial charge < -0.3 is 24.1 Å². The summed E-state index contributed by atoms with van der Waals surface area (Å²) in [6.45, 7) is 0. The molecule has 2 aromatic carbocycles. The normalized spacial score (nSPS) is 19.8. The first-order valence-electron chi connectivity index (χ1n) is 8.62. The average Bonchev–Trinajstić information content (AvgIpc) is 2.91. The van der Waals surface area contributed by atoms with Crippen LogP contribution in [0.25, 0.3) is 0 Å². The fraction of sp³-hybridized carbons (Fsp3) is 0.211. The highest BCUT2D eigenvalue weighted by atomic mass is 32.2. The number of hydrogen-bond donors (Lipinski definition) is 1. The van der Waals surface area contributed by atoms with E-state index in [-0.39, 0.29) is 11.3 Å². The van der Waals surface area contributed by atoms with Gasteiger partial charge in [0.25, 0.3) is 0 Å². The lowest BCUT2D eigenvalue weighted by Gasteiger charge is -2.13. The van der Waals surface area contributed by atoms with Crippen molar-refractivity contribution in [2.45, 2.75) is 11.8 Å². The molecule has 0 saturated heterocycles. The van der Waals surface area contributed by atoms with Gasteiger partial charge in [-0.05, 0) is 17.7 Å². The van der Waals surface area contributed by atoms with Gasteiger partial charge in [-0.2, -0.15) is 8.42 Å². The molecule has 148 valence electrons. The Morgan fingerprint density at radius 2 is 1.79 bits per heavy atom. The average molecular weight is 406 g/mol. The molecule has 1 heterocycles. The molecule has 3 rings (SSSR count). The molecule has 0 spiro atoms. The number of nitrogens with two attached hydrogens (primary N) is 1. The number of rotatable bonds is 7. The molecule has 0 unspecified atom stereocenters. The predicted molar refractivity (Wildman–Crippen MR) is 99.7 cm³/mol. The van der Waals surface area contributed by atoms with Gasteiger partial charge in [-0.15, -0.1) is 0 Å². The van der Waals surface area contributed by atoms with Crippen molar-refractivity contribution in [2.75, 3.05) is 14.2 Å². The lowest BCUT2D eigenvalue weighted by molar-refractivity contribution is -0.123. The van der Waals surface area contributed by atoms with Gasteiger partial charge in [0.15, 0.2) is 17.6 Å². The third-order valence-electron chi connectivity index (χ3n) is 3.89. The van der Waals surface area contributed by atoms with Gasteiger partial charge in [-0.1, -0.05) is 36.4 Å². The molecule has 28 heavy (non-hydrogen) atoms. The monoisotopic (exact) mass is 406 g/mol. The Bertz CT molecular complexity index is 1070. The van der Waals surface area contributed by atoms with Gasteiger partial charge in [0.05, 0.1) is 15.6 Å². The molecule has 2 aromatic rings. The van der Waals surface area contributed by atoms with Crippen molar-refractivity contribution < 1.29 is 33.0 Å². The highest BCUT2D eigenvalue weighted by molar-refractivity contribution is 7.86. The zero-order chi connectivity index (χ0) is 21.2. The number of Topliss-reactive ketones (excluding diaryl/α,β-unsaturated/α-hetero) is 1. The first-order chi connectivity index (χ1) is 13.7. The Kier molecular flexibility index (Phi) is 5.07. The van der Waals surface area contributed by atoms with Gasteiger partial charge in [-0.3, -0.25) is 4.79 Å². The smallest absolute Gasteiger partial charge is 0.313 e. The second kappa shape index (κ2) is 7.81. The van der Waals surface area contributed by atoms with Crippen molar-refractivity contribution in [3.8, 4) is 11.5 Å². The van der Waals surface area contributed by atoms with Crippen molar-refractivity contribution in [1.29, 1.82) is 0 Å². The molecule has 0 bridgehead atoms. The maximum absolute atomic E-state index is 12.8. The first kappa shape index (κ1) is 18.2. The van der Waals surface area contributed by atoms with Crippen molar-refractivity contribution in [3.05, 3.63) is 71.3 Å². The first-order valence-corrected chi connectivity index (χ1v) is 9.70. The van der Waals surface area contributed by atoms with Crippen LogP contribution in [0.4, 0.5) is 0 Å². The Hall–Kier alpha value is -3.20. The number of ether oxygens (including phenoxy) is 3. The molecule has 8 nitrogen and oxygen atoms in total. The minimum Gasteiger partial charge on any atom is -0.493 e. The summed E-state index contributed by atoms with van der Waals surface area (Å²) < 4.78 is 53.6. The van der Waals surface area contributed by atoms with E-state index in [0.29, 0.717) is 11.3 Å². The van der Waals surface area contributed by atoms with Crippen molar-refractivity contribution in [2.24, 2.45) is 5.73 Å². The van der Waals surface area contributed by atoms with Crippen LogP contribution in [0.1, 0.15) is 18.6 Å². The summed E-state index contributed by atoms with van der Waals surface area (Å²) in [5, 5.41) is 0. The molecular formula is C19H19NO7S. The molecule has 0 aliphatic carbocycles. The quantitative estimate of drug-likeness (QED) is 0.695. The molecule has 1 aliphatic rings. The zero-order valence-corrected chi connectivity index (χ0v) is 16.0. The van der Waals surface area contributed by atoms with Crippen LogP contribution < -0.4 is 15.2 Å². The summed E-state index contributed by atoms with van der Waals surface area (Å²) in [7, 11) is -1.37. The number of ketones is 1. The third-order valence-corrected chi connectivity index (χ3v) is 5.00. The maximum Gasteiger partial charge on any atom is 0.313 e. The van der Waals surface area contributed by atoms with E-state index >= 15 is 0 Å². The zero-order valence-electron chi connectivity index (χ0n) is 16.2. The summed E-state index contributed by atoms with van der Waals surface area (Å²) in [6.07, 6.45) is -2.32. The van der Waals surface area contributed by atoms with Gasteiger partial charge in [0, 0.05) is 5.56 Å². The molecule has 0 saturated carbocycles. The topological polar surface area (TPSA) is 114 Å². The van der Waals surface area contributed by atoms with Crippen LogP contribution in [-0.2, 0) is 29.6 Å². The molecule has 0 radical (unpaired) electrons. The molecular weight excluding hydrogens is 386 g/mol. The number of hydrogen-bond acceptors (Lipinski definition) is 8. The standard InChI is InChI=1S/C19H19NO7S/c1-24-14-9-8-13(10-15(14)25-2)17-16(21)18(19(20)26-17)27-28(22,23)11-12-6-4-3-5-7-12/h3-10,17H,11,20H2,1-2H3/t17-/m0/s1/i17D. The lowest BCUT2D eigenvalue weighted by Crippen LogP contribution is -2.16. The van der Waals surface area contributed by atoms with Crippen LogP contribution in [-0.4, -0.2) is 28.4 Å². The SMILES string of the molecule is [2H][C@@]1(c2ccc(OC)c(OC)c2)OC(N)=C(OS(=O)(=O)Cc2ccccc2)C1=O. The van der Waals surface area contributed by atoms with E-state index in [1.54, 1.807) is 30.3 Å². The van der Waals surface area contributed by atoms with Crippen LogP contribution in [0.15, 0.2) is 60.2 Å². The summed E-state index contributed by atoms with van der Waals surface area (Å²) in [5.41, 5.74) is 6.22. The number of benzene rings is 2. The van der Waals surface area contributed by atoms with E-state index in [1.165, 1.54) is 32.4 Å². The van der Waals surface area contributed by atoms with Gasteiger partial charge in [0.1, 0.15) is 5.75 Å². The number of carbonyl (C=O) groups excluding carboxylic acids is 1. The van der Waals surface area contributed by atoms with E-state index in [1.807, 2.05) is 0 Å². The van der Waals surface area contributed by atoms with Crippen molar-refractivity contribution >= 4 is 15.9 Å². The van der Waals surface area contributed by atoms with Crippen LogP contribution >= 0.6 is 0 Å². The van der Waals surface area contributed by atoms with Crippen LogP contribution in [0, 0.1) is 0 Å². The molecule has 9 heteroatoms. The van der Waals surface area contributed by atoms with E-state index in [2.05, 4.69) is 0 Å². The van der Waals surface area contributed by atoms with E-state index < -0.39 is 39.4 Å². The van der Waals surface area contributed by atoms with E-state index in [4.69, 9.17) is 25.5 Å². The molecule has 0 amide bonds. The Balaban J connectivity index is 1.86. The molecule has 1 aliphatic heterocycles. The highest BCUT2D eigenvalue weighted by Gasteiger charge is 2.39. The Morgan fingerprint density at radius 3 is 2.43 bits per heavy atom. The van der Waals surface area contributed by atoms with Gasteiger partial charge in [-0.25, -0.2) is 0 Å². The predicted octanol–water partition coefficient (Wildman–Crippen LogP) is 2.02. The molecule has 1 atom stereocenters. The molecule has 0 aromatic heterocycles. The highest BCUT2D eigenvalue weighted by Crippen LogP contribution is 2.36. The fourth-order valence-corrected chi connectivity index (χ4v) is 3.67. The van der Waals surface area contributed by atoms with E-state index in [0.717, 1.165) is 0 Å². The van der Waals surface area contributed by atoms with Gasteiger partial charge in [0.2, 0.25) is 17.4 Å². The number of carbonyl (C=O) groups is 1. The largest absolute Gasteiger partial charge is 0.493 e. The minimum absolute atomic E-state index is 0.0714. The van der Waals surface area contributed by atoms with E-state index in [9.17, 15) is 13.2 Å². The maximum atomic E-state index is 12.8. The van der Waals surface area contributed by atoms with Crippen molar-refractivity contribution in [3.63, 3.8) is 0 Å². The summed E-state index contributed by atoms with van der Waals surface area (Å²) in [6, 6.07) is 12.6. The van der Waals surface area contributed by atoms with Crippen LogP contribution in [0.2, 0.25) is 0 Å². The Labute approximate surface area is 164 Å². The molecule has 0 fully saturated rings. The second-order valence-electron chi connectivity index (χ2n) is 5.79. The minimum atomic E-state index is -4.21. The summed E-state index contributed by atoms with van der Waals surface area (Å²) >= 11 is 0. The molecule has 2 N–H and O–H groups in total. The van der Waals surface area contributed by atoms with Crippen LogP contribution in [0.5, 0.6) is 11.5 Å². The summed E-state index contributed by atoms with van der Waals surface area (Å²) in [4.78, 5) is 12.8. The van der Waals surface area contributed by atoms with Crippen molar-refractivity contribution in [1.82, 2.24) is 0 Å². The van der Waals surface area contributed by atoms with Crippen LogP contribution in [0.3, 0.4) is 0 Å². The fourth-order valence-electron chi connectivity index (χ4n) is 2.60. The second-order valence-corrected chi connectivity index (χ2v) is 7.37. The summed E-state index contributed by atoms with van der Waals surface area (Å²) in [5.74, 6) is -2.19. The number of methoxy groups -OCH3 is 2. The lowest BCUT2D eigenvalue weighted by atomic mass is 10.1. The Morgan fingerprint density at radius 1 is 1.11 bits per heavy atom.